The number of carbonyl (C=O) groups is 2. The second-order valence-electron chi connectivity index (χ2n) is 7.65. The molecule has 3 rings (SSSR count). The van der Waals surface area contributed by atoms with Crippen molar-refractivity contribution in [1.29, 1.82) is 0 Å². The molecular formula is C24H28N2O3. The zero-order valence-electron chi connectivity index (χ0n) is 17.7. The van der Waals surface area contributed by atoms with Gasteiger partial charge < -0.3 is 10.1 Å². The third kappa shape index (κ3) is 4.34. The van der Waals surface area contributed by atoms with Crippen molar-refractivity contribution in [3.63, 3.8) is 0 Å². The van der Waals surface area contributed by atoms with Crippen molar-refractivity contribution in [3.05, 3.63) is 64.9 Å². The third-order valence-corrected chi connectivity index (χ3v) is 4.77. The zero-order valence-corrected chi connectivity index (χ0v) is 17.7. The highest BCUT2D eigenvalue weighted by Crippen LogP contribution is 2.32. The van der Waals surface area contributed by atoms with E-state index >= 15 is 0 Å². The van der Waals surface area contributed by atoms with E-state index in [0.29, 0.717) is 29.8 Å². The van der Waals surface area contributed by atoms with Crippen LogP contribution in [0.15, 0.2) is 48.2 Å². The molecule has 0 atom stereocenters. The van der Waals surface area contributed by atoms with Gasteiger partial charge in [0.2, 0.25) is 0 Å². The Kier molecular flexibility index (Phi) is 6.06. The van der Waals surface area contributed by atoms with Gasteiger partial charge in [0.05, 0.1) is 11.7 Å². The van der Waals surface area contributed by atoms with Crippen LogP contribution >= 0.6 is 0 Å². The number of aryl methyl sites for hydroxylation is 2. The van der Waals surface area contributed by atoms with Gasteiger partial charge in [0.25, 0.3) is 11.8 Å². The Bertz CT molecular complexity index is 959. The molecule has 1 heterocycles. The SMILES string of the molecule is CCCN1C(=O)C(Nc2ccc(C)cc2C)=C(c2ccc(OC(C)C)cc2)C1=O. The fourth-order valence-corrected chi connectivity index (χ4v) is 3.45. The van der Waals surface area contributed by atoms with Crippen LogP contribution in [0.1, 0.15) is 43.9 Å². The van der Waals surface area contributed by atoms with Crippen molar-refractivity contribution in [2.45, 2.75) is 47.1 Å². The van der Waals surface area contributed by atoms with E-state index in [-0.39, 0.29) is 17.9 Å². The van der Waals surface area contributed by atoms with Gasteiger partial charge in [-0.25, -0.2) is 0 Å². The number of anilines is 1. The number of hydrogen-bond acceptors (Lipinski definition) is 4. The van der Waals surface area contributed by atoms with Crippen LogP contribution in [0, 0.1) is 13.8 Å². The molecule has 0 saturated heterocycles. The van der Waals surface area contributed by atoms with E-state index in [2.05, 4.69) is 5.32 Å². The molecule has 2 aromatic carbocycles. The molecule has 1 aliphatic heterocycles. The lowest BCUT2D eigenvalue weighted by Gasteiger charge is -2.14. The number of amides is 2. The summed E-state index contributed by atoms with van der Waals surface area (Å²) in [4.78, 5) is 27.4. The standard InChI is InChI=1S/C24H28N2O3/c1-6-13-26-23(27)21(18-8-10-19(11-9-18)29-15(2)3)22(24(26)28)25-20-12-7-16(4)14-17(20)5/h7-12,14-15,25H,6,13H2,1-5H3. The molecule has 152 valence electrons. The lowest BCUT2D eigenvalue weighted by atomic mass is 10.0. The molecule has 0 radical (unpaired) electrons. The van der Waals surface area contributed by atoms with Gasteiger partial charge in [-0.2, -0.15) is 0 Å². The molecule has 5 heteroatoms. The molecule has 0 bridgehead atoms. The molecule has 1 aliphatic rings. The van der Waals surface area contributed by atoms with Crippen molar-refractivity contribution >= 4 is 23.1 Å². The summed E-state index contributed by atoms with van der Waals surface area (Å²) < 4.78 is 5.69. The summed E-state index contributed by atoms with van der Waals surface area (Å²) in [5.74, 6) is 0.186. The Morgan fingerprint density at radius 2 is 1.69 bits per heavy atom. The summed E-state index contributed by atoms with van der Waals surface area (Å²) in [6.07, 6.45) is 0.777. The van der Waals surface area contributed by atoms with E-state index in [4.69, 9.17) is 4.74 Å². The van der Waals surface area contributed by atoms with Crippen LogP contribution in [0.2, 0.25) is 0 Å². The first-order valence-electron chi connectivity index (χ1n) is 10.0. The number of ether oxygens (including phenoxy) is 1. The summed E-state index contributed by atoms with van der Waals surface area (Å²) in [5, 5.41) is 3.24. The first kappa shape index (κ1) is 20.6. The van der Waals surface area contributed by atoms with Crippen LogP contribution < -0.4 is 10.1 Å². The van der Waals surface area contributed by atoms with Gasteiger partial charge in [0, 0.05) is 12.2 Å². The second-order valence-corrected chi connectivity index (χ2v) is 7.65. The normalized spacial score (nSPS) is 14.2. The Morgan fingerprint density at radius 3 is 2.28 bits per heavy atom. The molecular weight excluding hydrogens is 364 g/mol. The maximum absolute atomic E-state index is 13.1. The van der Waals surface area contributed by atoms with Crippen LogP contribution in [-0.4, -0.2) is 29.4 Å². The fraction of sp³-hybridized carbons (Fsp3) is 0.333. The Balaban J connectivity index is 2.03. The Labute approximate surface area is 172 Å². The number of rotatable bonds is 7. The van der Waals surface area contributed by atoms with Crippen molar-refractivity contribution in [1.82, 2.24) is 4.90 Å². The number of nitrogens with zero attached hydrogens (tertiary/aromatic N) is 1. The van der Waals surface area contributed by atoms with Crippen LogP contribution in [0.4, 0.5) is 5.69 Å². The van der Waals surface area contributed by atoms with Gasteiger partial charge in [-0.05, 0) is 63.4 Å². The van der Waals surface area contributed by atoms with Crippen LogP contribution in [0.25, 0.3) is 5.57 Å². The minimum atomic E-state index is -0.283. The van der Waals surface area contributed by atoms with Crippen LogP contribution in [-0.2, 0) is 9.59 Å². The van der Waals surface area contributed by atoms with E-state index < -0.39 is 0 Å². The summed E-state index contributed by atoms with van der Waals surface area (Å²) in [7, 11) is 0. The number of imide groups is 1. The predicted molar refractivity (Wildman–Crippen MR) is 116 cm³/mol. The maximum atomic E-state index is 13.1. The first-order valence-corrected chi connectivity index (χ1v) is 10.0. The molecule has 0 aliphatic carbocycles. The van der Waals surface area contributed by atoms with Crippen molar-refractivity contribution in [3.8, 4) is 5.75 Å². The van der Waals surface area contributed by atoms with Gasteiger partial charge in [0.1, 0.15) is 11.4 Å². The zero-order chi connectivity index (χ0) is 21.1. The Hall–Kier alpha value is -3.08. The van der Waals surface area contributed by atoms with E-state index in [9.17, 15) is 9.59 Å². The minimum absolute atomic E-state index is 0.0662. The average molecular weight is 392 g/mol. The maximum Gasteiger partial charge on any atom is 0.278 e. The quantitative estimate of drug-likeness (QED) is 0.695. The Morgan fingerprint density at radius 1 is 1.00 bits per heavy atom. The summed E-state index contributed by atoms with van der Waals surface area (Å²) in [6.45, 7) is 10.3. The van der Waals surface area contributed by atoms with Crippen molar-refractivity contribution < 1.29 is 14.3 Å². The highest BCUT2D eigenvalue weighted by molar-refractivity contribution is 6.36. The van der Waals surface area contributed by atoms with E-state index in [1.165, 1.54) is 4.90 Å². The number of carbonyl (C=O) groups excluding carboxylic acids is 2. The molecule has 0 aromatic heterocycles. The monoisotopic (exact) mass is 392 g/mol. The number of nitrogens with one attached hydrogen (secondary N) is 1. The van der Waals surface area contributed by atoms with Gasteiger partial charge in [-0.3, -0.25) is 14.5 Å². The second kappa shape index (κ2) is 8.52. The van der Waals surface area contributed by atoms with E-state index in [1.54, 1.807) is 0 Å². The van der Waals surface area contributed by atoms with Gasteiger partial charge in [-0.1, -0.05) is 36.8 Å². The van der Waals surface area contributed by atoms with E-state index in [0.717, 1.165) is 22.6 Å². The lowest BCUT2D eigenvalue weighted by Crippen LogP contribution is -2.33. The predicted octanol–water partition coefficient (Wildman–Crippen LogP) is 4.69. The molecule has 0 saturated carbocycles. The van der Waals surface area contributed by atoms with Gasteiger partial charge >= 0.3 is 0 Å². The molecule has 2 amide bonds. The number of benzene rings is 2. The van der Waals surface area contributed by atoms with Crippen molar-refractivity contribution in [2.24, 2.45) is 0 Å². The lowest BCUT2D eigenvalue weighted by molar-refractivity contribution is -0.136. The largest absolute Gasteiger partial charge is 0.491 e. The molecule has 5 nitrogen and oxygen atoms in total. The molecule has 2 aromatic rings. The highest BCUT2D eigenvalue weighted by Gasteiger charge is 2.38. The summed E-state index contributed by atoms with van der Waals surface area (Å²) >= 11 is 0. The molecule has 0 spiro atoms. The molecule has 0 unspecified atom stereocenters. The van der Waals surface area contributed by atoms with Crippen LogP contribution in [0.5, 0.6) is 5.75 Å². The van der Waals surface area contributed by atoms with Gasteiger partial charge in [0.15, 0.2) is 0 Å². The number of hydrogen-bond donors (Lipinski definition) is 1. The molecule has 1 N–H and O–H groups in total. The topological polar surface area (TPSA) is 58.6 Å². The molecule has 0 fully saturated rings. The first-order chi connectivity index (χ1) is 13.8. The summed E-state index contributed by atoms with van der Waals surface area (Å²) in [5.41, 5.74) is 4.41. The smallest absolute Gasteiger partial charge is 0.278 e. The highest BCUT2D eigenvalue weighted by atomic mass is 16.5. The van der Waals surface area contributed by atoms with Gasteiger partial charge in [-0.15, -0.1) is 0 Å². The van der Waals surface area contributed by atoms with Crippen molar-refractivity contribution in [2.75, 3.05) is 11.9 Å². The minimum Gasteiger partial charge on any atom is -0.491 e. The van der Waals surface area contributed by atoms with Crippen LogP contribution in [0.3, 0.4) is 0 Å². The third-order valence-electron chi connectivity index (χ3n) is 4.77. The van der Waals surface area contributed by atoms with E-state index in [1.807, 2.05) is 77.1 Å². The molecule has 29 heavy (non-hydrogen) atoms. The summed E-state index contributed by atoms with van der Waals surface area (Å²) in [6, 6.07) is 13.3. The fourth-order valence-electron chi connectivity index (χ4n) is 3.45. The average Bonchev–Trinajstić information content (AvgIpc) is 2.89.